The molecule has 0 aliphatic heterocycles. The maximum absolute atomic E-state index is 13.0. The van der Waals surface area contributed by atoms with Gasteiger partial charge in [0.1, 0.15) is 5.75 Å². The number of rotatable bonds is 2. The highest BCUT2D eigenvalue weighted by atomic mass is 16.3. The summed E-state index contributed by atoms with van der Waals surface area (Å²) in [6.07, 6.45) is 0. The van der Waals surface area contributed by atoms with Gasteiger partial charge in [-0.25, -0.2) is 0 Å². The van der Waals surface area contributed by atoms with Crippen molar-refractivity contribution < 1.29 is 9.90 Å². The molecule has 0 amide bonds. The fourth-order valence-corrected chi connectivity index (χ4v) is 3.04. The first-order valence-electron chi connectivity index (χ1n) is 7.31. The Morgan fingerprint density at radius 3 is 2.09 bits per heavy atom. The Morgan fingerprint density at radius 1 is 0.864 bits per heavy atom. The molecule has 3 aromatic carbocycles. The van der Waals surface area contributed by atoms with E-state index in [-0.39, 0.29) is 11.5 Å². The molecular formula is C20H18O2. The minimum Gasteiger partial charge on any atom is -0.507 e. The summed E-state index contributed by atoms with van der Waals surface area (Å²) in [6.45, 7) is 5.85. The van der Waals surface area contributed by atoms with Crippen molar-refractivity contribution in [3.63, 3.8) is 0 Å². The van der Waals surface area contributed by atoms with E-state index in [4.69, 9.17) is 0 Å². The number of carbonyl (C=O) groups excluding carboxylic acids is 1. The van der Waals surface area contributed by atoms with E-state index in [2.05, 4.69) is 6.07 Å². The zero-order valence-electron chi connectivity index (χ0n) is 13.0. The van der Waals surface area contributed by atoms with Crippen LogP contribution in [0.3, 0.4) is 0 Å². The molecule has 0 saturated carbocycles. The second-order valence-corrected chi connectivity index (χ2v) is 5.84. The zero-order valence-corrected chi connectivity index (χ0v) is 13.0. The third-order valence-electron chi connectivity index (χ3n) is 3.93. The highest BCUT2D eigenvalue weighted by molar-refractivity contribution is 6.18. The molecule has 0 heterocycles. The molecule has 0 atom stereocenters. The van der Waals surface area contributed by atoms with Gasteiger partial charge in [-0.15, -0.1) is 0 Å². The van der Waals surface area contributed by atoms with Gasteiger partial charge in [0.2, 0.25) is 0 Å². The number of aryl methyl sites for hydroxylation is 3. The van der Waals surface area contributed by atoms with E-state index in [0.29, 0.717) is 16.5 Å². The molecule has 0 fully saturated rings. The van der Waals surface area contributed by atoms with Crippen LogP contribution in [0, 0.1) is 20.8 Å². The van der Waals surface area contributed by atoms with Crippen molar-refractivity contribution in [3.05, 3.63) is 76.3 Å². The van der Waals surface area contributed by atoms with Gasteiger partial charge in [0.05, 0.1) is 0 Å². The van der Waals surface area contributed by atoms with Crippen molar-refractivity contribution in [3.8, 4) is 5.75 Å². The van der Waals surface area contributed by atoms with Gasteiger partial charge in [-0.05, 0) is 49.9 Å². The lowest BCUT2D eigenvalue weighted by atomic mass is 9.91. The van der Waals surface area contributed by atoms with Crippen LogP contribution in [0.4, 0.5) is 0 Å². The fourth-order valence-electron chi connectivity index (χ4n) is 3.04. The predicted octanol–water partition coefficient (Wildman–Crippen LogP) is 4.70. The molecule has 0 radical (unpaired) electrons. The summed E-state index contributed by atoms with van der Waals surface area (Å²) in [4.78, 5) is 13.0. The maximum Gasteiger partial charge on any atom is 0.193 e. The van der Waals surface area contributed by atoms with Crippen molar-refractivity contribution in [1.82, 2.24) is 0 Å². The molecule has 0 aromatic heterocycles. The predicted molar refractivity (Wildman–Crippen MR) is 89.7 cm³/mol. The number of hydrogen-bond acceptors (Lipinski definition) is 2. The highest BCUT2D eigenvalue weighted by Gasteiger charge is 2.17. The Morgan fingerprint density at radius 2 is 1.45 bits per heavy atom. The minimum absolute atomic E-state index is 0.000463. The number of fused-ring (bicyclic) bond motifs is 1. The van der Waals surface area contributed by atoms with Crippen LogP contribution in [0.2, 0.25) is 0 Å². The van der Waals surface area contributed by atoms with Crippen LogP contribution in [0.25, 0.3) is 10.8 Å². The van der Waals surface area contributed by atoms with Crippen molar-refractivity contribution in [2.24, 2.45) is 0 Å². The SMILES string of the molecule is Cc1cc(C)cc(C(=O)c2c(C)cc(O)c3ccccc23)c1. The smallest absolute Gasteiger partial charge is 0.193 e. The van der Waals surface area contributed by atoms with Crippen LogP contribution >= 0.6 is 0 Å². The van der Waals surface area contributed by atoms with Crippen molar-refractivity contribution >= 4 is 16.6 Å². The molecule has 0 saturated heterocycles. The topological polar surface area (TPSA) is 37.3 Å². The monoisotopic (exact) mass is 290 g/mol. The average molecular weight is 290 g/mol. The quantitative estimate of drug-likeness (QED) is 0.694. The van der Waals surface area contributed by atoms with Gasteiger partial charge in [-0.2, -0.15) is 0 Å². The lowest BCUT2D eigenvalue weighted by molar-refractivity contribution is 0.103. The first kappa shape index (κ1) is 14.3. The number of aromatic hydroxyl groups is 1. The summed E-state index contributed by atoms with van der Waals surface area (Å²) < 4.78 is 0. The van der Waals surface area contributed by atoms with E-state index in [1.807, 2.05) is 57.2 Å². The van der Waals surface area contributed by atoms with Gasteiger partial charge in [-0.3, -0.25) is 4.79 Å². The Labute approximate surface area is 130 Å². The third-order valence-corrected chi connectivity index (χ3v) is 3.93. The minimum atomic E-state index is 0.000463. The van der Waals surface area contributed by atoms with Crippen molar-refractivity contribution in [1.29, 1.82) is 0 Å². The summed E-state index contributed by atoms with van der Waals surface area (Å²) in [6, 6.07) is 15.0. The fraction of sp³-hybridized carbons (Fsp3) is 0.150. The standard InChI is InChI=1S/C20H18O2/c1-12-8-13(2)10-15(9-12)20(22)19-14(3)11-18(21)16-6-4-5-7-17(16)19/h4-11,21H,1-3H3. The first-order chi connectivity index (χ1) is 10.5. The lowest BCUT2D eigenvalue weighted by Crippen LogP contribution is -2.05. The molecule has 0 aliphatic carbocycles. The van der Waals surface area contributed by atoms with Crippen LogP contribution in [-0.2, 0) is 0 Å². The molecule has 0 unspecified atom stereocenters. The molecule has 3 rings (SSSR count). The van der Waals surface area contributed by atoms with E-state index in [0.717, 1.165) is 22.1 Å². The van der Waals surface area contributed by atoms with Gasteiger partial charge < -0.3 is 5.11 Å². The normalized spacial score (nSPS) is 10.9. The summed E-state index contributed by atoms with van der Waals surface area (Å²) in [5.41, 5.74) is 4.29. The van der Waals surface area contributed by atoms with Gasteiger partial charge in [0, 0.05) is 16.5 Å². The van der Waals surface area contributed by atoms with Crippen LogP contribution in [-0.4, -0.2) is 10.9 Å². The number of benzene rings is 3. The summed E-state index contributed by atoms with van der Waals surface area (Å²) in [5, 5.41) is 11.6. The number of phenolic OH excluding ortho intramolecular Hbond substituents is 1. The van der Waals surface area contributed by atoms with E-state index >= 15 is 0 Å². The number of phenols is 1. The van der Waals surface area contributed by atoms with Crippen molar-refractivity contribution in [2.45, 2.75) is 20.8 Å². The first-order valence-corrected chi connectivity index (χ1v) is 7.31. The Hall–Kier alpha value is -2.61. The number of carbonyl (C=O) groups is 1. The van der Waals surface area contributed by atoms with Gasteiger partial charge >= 0.3 is 0 Å². The number of ketones is 1. The molecular weight excluding hydrogens is 272 g/mol. The average Bonchev–Trinajstić information content (AvgIpc) is 2.46. The molecule has 3 aromatic rings. The largest absolute Gasteiger partial charge is 0.507 e. The summed E-state index contributed by atoms with van der Waals surface area (Å²) in [7, 11) is 0. The van der Waals surface area contributed by atoms with Gasteiger partial charge in [0.15, 0.2) is 5.78 Å². The second-order valence-electron chi connectivity index (χ2n) is 5.84. The van der Waals surface area contributed by atoms with Gasteiger partial charge in [0.25, 0.3) is 0 Å². The van der Waals surface area contributed by atoms with Crippen LogP contribution in [0.5, 0.6) is 5.75 Å². The van der Waals surface area contributed by atoms with E-state index < -0.39 is 0 Å². The van der Waals surface area contributed by atoms with E-state index in [1.54, 1.807) is 6.07 Å². The van der Waals surface area contributed by atoms with Crippen LogP contribution in [0.1, 0.15) is 32.6 Å². The molecule has 110 valence electrons. The maximum atomic E-state index is 13.0. The number of hydrogen-bond donors (Lipinski definition) is 1. The molecule has 0 bridgehead atoms. The van der Waals surface area contributed by atoms with Crippen LogP contribution < -0.4 is 0 Å². The van der Waals surface area contributed by atoms with Gasteiger partial charge in [-0.1, -0.05) is 41.5 Å². The molecule has 2 nitrogen and oxygen atoms in total. The Balaban J connectivity index is 2.27. The van der Waals surface area contributed by atoms with E-state index in [9.17, 15) is 9.90 Å². The second kappa shape index (κ2) is 5.30. The highest BCUT2D eigenvalue weighted by Crippen LogP contribution is 2.32. The van der Waals surface area contributed by atoms with Crippen molar-refractivity contribution in [2.75, 3.05) is 0 Å². The van der Waals surface area contributed by atoms with Crippen LogP contribution in [0.15, 0.2) is 48.5 Å². The molecule has 2 heteroatoms. The van der Waals surface area contributed by atoms with E-state index in [1.165, 1.54) is 0 Å². The zero-order chi connectivity index (χ0) is 15.9. The molecule has 0 spiro atoms. The Kier molecular flexibility index (Phi) is 3.45. The summed E-state index contributed by atoms with van der Waals surface area (Å²) >= 11 is 0. The third kappa shape index (κ3) is 2.37. The Bertz CT molecular complexity index is 871. The summed E-state index contributed by atoms with van der Waals surface area (Å²) in [5.74, 6) is 0.213. The molecule has 0 aliphatic rings. The molecule has 1 N–H and O–H groups in total. The lowest BCUT2D eigenvalue weighted by Gasteiger charge is -2.12. The molecule has 22 heavy (non-hydrogen) atoms.